The van der Waals surface area contributed by atoms with Gasteiger partial charge >= 0.3 is 0 Å². The molecule has 0 saturated heterocycles. The Bertz CT molecular complexity index is 278. The molecule has 64 valence electrons. The highest BCUT2D eigenvalue weighted by molar-refractivity contribution is 6.38. The van der Waals surface area contributed by atoms with Gasteiger partial charge in [0.05, 0.1) is 16.3 Å². The smallest absolute Gasteiger partial charge is 0.0586 e. The van der Waals surface area contributed by atoms with Crippen LogP contribution in [0.3, 0.4) is 0 Å². The van der Waals surface area contributed by atoms with Gasteiger partial charge in [-0.05, 0) is 12.1 Å². The van der Waals surface area contributed by atoms with Crippen LogP contribution >= 0.6 is 23.2 Å². The molecular weight excluding hydrogens is 197 g/mol. The van der Waals surface area contributed by atoms with Gasteiger partial charge in [0.1, 0.15) is 0 Å². The number of benzene rings is 1. The van der Waals surface area contributed by atoms with E-state index in [-0.39, 0.29) is 0 Å². The lowest BCUT2D eigenvalue weighted by Crippen LogP contribution is -2.13. The summed E-state index contributed by atoms with van der Waals surface area (Å²) in [7, 11) is 0. The fraction of sp³-hybridized carbons (Fsp3) is 0. The Balaban J connectivity index is 3.04. The molecule has 0 bridgehead atoms. The van der Waals surface area contributed by atoms with Crippen LogP contribution in [0.25, 0.3) is 0 Å². The van der Waals surface area contributed by atoms with Gasteiger partial charge in [-0.3, -0.25) is 0 Å². The molecule has 0 unspecified atom stereocenters. The lowest BCUT2D eigenvalue weighted by molar-refractivity contribution is 0.811. The van der Waals surface area contributed by atoms with Gasteiger partial charge in [-0.1, -0.05) is 29.3 Å². The first-order valence-corrected chi connectivity index (χ1v) is 3.94. The number of nitrogens with zero attached hydrogens (tertiary/aromatic N) is 1. The third-order valence-corrected chi connectivity index (χ3v) is 1.93. The predicted octanol–water partition coefficient (Wildman–Crippen LogP) is 1.79. The molecule has 1 rings (SSSR count). The summed E-state index contributed by atoms with van der Waals surface area (Å²) < 4.78 is 0. The molecule has 1 aromatic carbocycles. The number of hydrogen-bond acceptors (Lipinski definition) is 3. The van der Waals surface area contributed by atoms with Crippen molar-refractivity contribution < 1.29 is 0 Å². The minimum Gasteiger partial charge on any atom is -0.246 e. The Hall–Kier alpha value is -0.770. The Morgan fingerprint density at radius 1 is 1.33 bits per heavy atom. The van der Waals surface area contributed by atoms with Crippen molar-refractivity contribution in [1.29, 1.82) is 0 Å². The summed E-state index contributed by atoms with van der Waals surface area (Å²) in [6.07, 6.45) is 1.46. The van der Waals surface area contributed by atoms with Crippen LogP contribution < -0.4 is 11.4 Å². The Morgan fingerprint density at radius 2 is 1.92 bits per heavy atom. The first-order chi connectivity index (χ1) is 5.75. The van der Waals surface area contributed by atoms with Crippen LogP contribution in [-0.2, 0) is 0 Å². The SMILES string of the molecule is NNN=Cc1c(Cl)cccc1Cl. The van der Waals surface area contributed by atoms with Crippen LogP contribution in [0.1, 0.15) is 5.56 Å². The van der Waals surface area contributed by atoms with E-state index in [2.05, 4.69) is 10.6 Å². The second-order valence-electron chi connectivity index (χ2n) is 2.02. The molecule has 0 aromatic heterocycles. The minimum atomic E-state index is 0.543. The summed E-state index contributed by atoms with van der Waals surface area (Å²) in [4.78, 5) is 0. The summed E-state index contributed by atoms with van der Waals surface area (Å²) in [6.45, 7) is 0. The second-order valence-corrected chi connectivity index (χ2v) is 2.84. The Kier molecular flexibility index (Phi) is 3.34. The maximum absolute atomic E-state index is 5.82. The van der Waals surface area contributed by atoms with E-state index in [9.17, 15) is 0 Å². The monoisotopic (exact) mass is 203 g/mol. The molecule has 0 amide bonds. The standard InChI is InChI=1S/C7H7Cl2N3/c8-6-2-1-3-7(9)5(6)4-11-12-10/h1-4,12H,10H2. The van der Waals surface area contributed by atoms with Gasteiger partial charge in [-0.2, -0.15) is 5.10 Å². The molecule has 0 saturated carbocycles. The van der Waals surface area contributed by atoms with Crippen LogP contribution in [0.2, 0.25) is 10.0 Å². The molecule has 0 aliphatic carbocycles. The largest absolute Gasteiger partial charge is 0.246 e. The van der Waals surface area contributed by atoms with Gasteiger partial charge in [0.2, 0.25) is 0 Å². The van der Waals surface area contributed by atoms with Crippen molar-refractivity contribution in [3.05, 3.63) is 33.8 Å². The number of hydrogen-bond donors (Lipinski definition) is 2. The molecule has 3 nitrogen and oxygen atoms in total. The number of rotatable bonds is 2. The number of halogens is 2. The summed E-state index contributed by atoms with van der Waals surface area (Å²) in [5, 5.41) is 4.68. The quantitative estimate of drug-likeness (QED) is 0.438. The first kappa shape index (κ1) is 9.32. The Labute approximate surface area is 80.1 Å². The summed E-state index contributed by atoms with van der Waals surface area (Å²) in [5.74, 6) is 4.94. The van der Waals surface area contributed by atoms with Crippen LogP contribution in [0, 0.1) is 0 Å². The number of hydrazine groups is 1. The van der Waals surface area contributed by atoms with Crippen molar-refractivity contribution in [3.63, 3.8) is 0 Å². The van der Waals surface area contributed by atoms with Crippen molar-refractivity contribution in [3.8, 4) is 0 Å². The molecule has 0 radical (unpaired) electrons. The van der Waals surface area contributed by atoms with E-state index in [1.54, 1.807) is 18.2 Å². The molecule has 0 heterocycles. The topological polar surface area (TPSA) is 50.4 Å². The van der Waals surface area contributed by atoms with Crippen molar-refractivity contribution in [2.75, 3.05) is 0 Å². The highest BCUT2D eigenvalue weighted by Gasteiger charge is 2.00. The lowest BCUT2D eigenvalue weighted by atomic mass is 10.2. The van der Waals surface area contributed by atoms with E-state index < -0.39 is 0 Å². The van der Waals surface area contributed by atoms with Gasteiger partial charge < -0.3 is 0 Å². The molecular formula is C7H7Cl2N3. The summed E-state index contributed by atoms with van der Waals surface area (Å²) in [5.41, 5.74) is 2.77. The van der Waals surface area contributed by atoms with Crippen molar-refractivity contribution in [1.82, 2.24) is 5.53 Å². The van der Waals surface area contributed by atoms with E-state index in [0.717, 1.165) is 0 Å². The predicted molar refractivity (Wildman–Crippen MR) is 51.4 cm³/mol. The fourth-order valence-corrected chi connectivity index (χ4v) is 1.23. The number of nitrogens with one attached hydrogen (secondary N) is 1. The number of nitrogens with two attached hydrogens (primary N) is 1. The van der Waals surface area contributed by atoms with Crippen molar-refractivity contribution >= 4 is 29.4 Å². The molecule has 0 aliphatic heterocycles. The van der Waals surface area contributed by atoms with Gasteiger partial charge in [0.25, 0.3) is 0 Å². The van der Waals surface area contributed by atoms with Crippen LogP contribution in [0.5, 0.6) is 0 Å². The van der Waals surface area contributed by atoms with Gasteiger partial charge in [-0.25, -0.2) is 11.4 Å². The average Bonchev–Trinajstić information content (AvgIpc) is 2.04. The molecule has 0 spiro atoms. The van der Waals surface area contributed by atoms with Crippen LogP contribution in [0.15, 0.2) is 23.3 Å². The molecule has 3 N–H and O–H groups in total. The van der Waals surface area contributed by atoms with Crippen LogP contribution in [-0.4, -0.2) is 6.21 Å². The highest BCUT2D eigenvalue weighted by atomic mass is 35.5. The van der Waals surface area contributed by atoms with E-state index in [0.29, 0.717) is 15.6 Å². The van der Waals surface area contributed by atoms with E-state index in [4.69, 9.17) is 29.0 Å². The summed E-state index contributed by atoms with van der Waals surface area (Å²) >= 11 is 11.6. The van der Waals surface area contributed by atoms with E-state index in [1.807, 2.05) is 0 Å². The Morgan fingerprint density at radius 3 is 2.42 bits per heavy atom. The molecule has 0 atom stereocenters. The van der Waals surface area contributed by atoms with Crippen molar-refractivity contribution in [2.45, 2.75) is 0 Å². The van der Waals surface area contributed by atoms with E-state index in [1.165, 1.54) is 6.21 Å². The average molecular weight is 204 g/mol. The van der Waals surface area contributed by atoms with Gasteiger partial charge in [-0.15, -0.1) is 0 Å². The number of hydrazone groups is 1. The zero-order chi connectivity index (χ0) is 8.97. The zero-order valence-electron chi connectivity index (χ0n) is 6.09. The third kappa shape index (κ3) is 2.11. The fourth-order valence-electron chi connectivity index (χ4n) is 0.736. The maximum Gasteiger partial charge on any atom is 0.0586 e. The third-order valence-electron chi connectivity index (χ3n) is 1.27. The second kappa shape index (κ2) is 4.30. The molecule has 0 aliphatic rings. The normalized spacial score (nSPS) is 10.6. The van der Waals surface area contributed by atoms with Crippen LogP contribution in [0.4, 0.5) is 0 Å². The molecule has 0 fully saturated rings. The highest BCUT2D eigenvalue weighted by Crippen LogP contribution is 2.21. The maximum atomic E-state index is 5.82. The van der Waals surface area contributed by atoms with Gasteiger partial charge in [0, 0.05) is 5.56 Å². The molecule has 1 aromatic rings. The zero-order valence-corrected chi connectivity index (χ0v) is 7.60. The van der Waals surface area contributed by atoms with Crippen molar-refractivity contribution in [2.24, 2.45) is 10.9 Å². The lowest BCUT2D eigenvalue weighted by Gasteiger charge is -1.99. The van der Waals surface area contributed by atoms with Gasteiger partial charge in [0.15, 0.2) is 0 Å². The molecule has 12 heavy (non-hydrogen) atoms. The van der Waals surface area contributed by atoms with E-state index >= 15 is 0 Å². The summed E-state index contributed by atoms with van der Waals surface area (Å²) in [6, 6.07) is 5.22. The minimum absolute atomic E-state index is 0.543. The first-order valence-electron chi connectivity index (χ1n) is 3.18. The molecule has 5 heteroatoms.